The highest BCUT2D eigenvalue weighted by Crippen LogP contribution is 2.35. The van der Waals surface area contributed by atoms with Gasteiger partial charge in [0.15, 0.2) is 6.04 Å². The van der Waals surface area contributed by atoms with Gasteiger partial charge in [-0.3, -0.25) is 15.1 Å². The van der Waals surface area contributed by atoms with Crippen LogP contribution in [-0.2, 0) is 14.9 Å². The Morgan fingerprint density at radius 3 is 2.59 bits per heavy atom. The Balaban J connectivity index is 1.45. The molecule has 0 aliphatic carbocycles. The molecule has 0 amide bonds. The molecular formula is C21H13N3O7S3. The maximum absolute atomic E-state index is 12.6. The molecule has 2 heterocycles. The molecule has 1 unspecified atom stereocenters. The van der Waals surface area contributed by atoms with E-state index >= 15 is 0 Å². The molecular weight excluding hydrogens is 502 g/mol. The summed E-state index contributed by atoms with van der Waals surface area (Å²) in [5, 5.41) is 22.7. The SMILES string of the molecule is O=C(O)C1CSC(c2nc3ccc4cc(OS(=O)(=O)c5ccc([N+](=O)[O-])cc5)ccc4c3s2)=N1. The third kappa shape index (κ3) is 4.08. The van der Waals surface area contributed by atoms with Gasteiger partial charge in [-0.15, -0.1) is 23.1 Å². The van der Waals surface area contributed by atoms with Crippen molar-refractivity contribution in [2.45, 2.75) is 10.9 Å². The van der Waals surface area contributed by atoms with Gasteiger partial charge in [0, 0.05) is 23.3 Å². The van der Waals surface area contributed by atoms with Crippen LogP contribution < -0.4 is 4.18 Å². The summed E-state index contributed by atoms with van der Waals surface area (Å²) in [6.45, 7) is 0. The summed E-state index contributed by atoms with van der Waals surface area (Å²) >= 11 is 2.74. The largest absolute Gasteiger partial charge is 0.480 e. The van der Waals surface area contributed by atoms with Crippen molar-refractivity contribution in [2.75, 3.05) is 5.75 Å². The molecule has 0 fully saturated rings. The number of benzene rings is 3. The Labute approximate surface area is 200 Å². The topological polar surface area (TPSA) is 149 Å². The number of non-ortho nitro benzene ring substituents is 1. The van der Waals surface area contributed by atoms with Gasteiger partial charge >= 0.3 is 16.1 Å². The van der Waals surface area contributed by atoms with Crippen LogP contribution in [0.15, 0.2) is 64.5 Å². The normalized spacial score (nSPS) is 16.0. The van der Waals surface area contributed by atoms with Crippen molar-refractivity contribution in [3.05, 3.63) is 69.7 Å². The zero-order valence-electron chi connectivity index (χ0n) is 16.9. The number of hydrogen-bond donors (Lipinski definition) is 1. The van der Waals surface area contributed by atoms with E-state index in [-0.39, 0.29) is 16.3 Å². The predicted octanol–water partition coefficient (Wildman–Crippen LogP) is 4.07. The third-order valence-electron chi connectivity index (χ3n) is 5.00. The van der Waals surface area contributed by atoms with E-state index in [1.54, 1.807) is 24.3 Å². The minimum atomic E-state index is -4.18. The van der Waals surface area contributed by atoms with Gasteiger partial charge in [0.05, 0.1) is 15.1 Å². The zero-order valence-corrected chi connectivity index (χ0v) is 19.4. The molecule has 0 saturated carbocycles. The van der Waals surface area contributed by atoms with E-state index in [4.69, 9.17) is 9.29 Å². The first kappa shape index (κ1) is 22.3. The quantitative estimate of drug-likeness (QED) is 0.228. The van der Waals surface area contributed by atoms with Crippen molar-refractivity contribution in [3.63, 3.8) is 0 Å². The Morgan fingerprint density at radius 1 is 1.15 bits per heavy atom. The van der Waals surface area contributed by atoms with Crippen LogP contribution in [0.25, 0.3) is 21.0 Å². The lowest BCUT2D eigenvalue weighted by atomic mass is 10.1. The monoisotopic (exact) mass is 515 g/mol. The number of hydrogen-bond acceptors (Lipinski definition) is 10. The lowest BCUT2D eigenvalue weighted by molar-refractivity contribution is -0.384. The van der Waals surface area contributed by atoms with Gasteiger partial charge < -0.3 is 9.29 Å². The van der Waals surface area contributed by atoms with Crippen molar-refractivity contribution in [2.24, 2.45) is 4.99 Å². The summed E-state index contributed by atoms with van der Waals surface area (Å²) in [7, 11) is -4.18. The van der Waals surface area contributed by atoms with Crippen molar-refractivity contribution in [3.8, 4) is 5.75 Å². The number of thiazole rings is 1. The van der Waals surface area contributed by atoms with Crippen molar-refractivity contribution in [1.29, 1.82) is 0 Å². The average Bonchev–Trinajstić information content (AvgIpc) is 3.46. The van der Waals surface area contributed by atoms with E-state index < -0.39 is 27.1 Å². The number of rotatable bonds is 6. The Hall–Kier alpha value is -3.55. The number of aromatic nitrogens is 1. The molecule has 1 aliphatic heterocycles. The second-order valence-electron chi connectivity index (χ2n) is 7.20. The van der Waals surface area contributed by atoms with E-state index in [1.807, 2.05) is 0 Å². The molecule has 4 aromatic rings. The second kappa shape index (κ2) is 8.34. The van der Waals surface area contributed by atoms with Crippen molar-refractivity contribution in [1.82, 2.24) is 4.98 Å². The maximum Gasteiger partial charge on any atom is 0.339 e. The van der Waals surface area contributed by atoms with Gasteiger partial charge in [-0.2, -0.15) is 8.42 Å². The maximum atomic E-state index is 12.6. The first-order valence-corrected chi connectivity index (χ1v) is 12.9. The Bertz CT molecular complexity index is 1610. The molecule has 0 spiro atoms. The number of carboxylic acids is 1. The second-order valence-corrected chi connectivity index (χ2v) is 10.8. The van der Waals surface area contributed by atoms with Crippen LogP contribution in [0.2, 0.25) is 0 Å². The van der Waals surface area contributed by atoms with Crippen LogP contribution in [0.4, 0.5) is 5.69 Å². The Kier molecular flexibility index (Phi) is 5.46. The number of nitrogens with zero attached hydrogens (tertiary/aromatic N) is 3. The summed E-state index contributed by atoms with van der Waals surface area (Å²) in [6.07, 6.45) is 0. The third-order valence-corrected chi connectivity index (χ3v) is 8.56. The zero-order chi connectivity index (χ0) is 24.0. The summed E-state index contributed by atoms with van der Waals surface area (Å²) in [6, 6.07) is 12.1. The molecule has 0 bridgehead atoms. The van der Waals surface area contributed by atoms with Gasteiger partial charge in [-0.1, -0.05) is 6.07 Å². The minimum Gasteiger partial charge on any atom is -0.480 e. The Morgan fingerprint density at radius 2 is 1.91 bits per heavy atom. The fourth-order valence-electron chi connectivity index (χ4n) is 3.36. The molecule has 1 aliphatic rings. The molecule has 3 aromatic carbocycles. The van der Waals surface area contributed by atoms with Gasteiger partial charge in [0.1, 0.15) is 20.7 Å². The van der Waals surface area contributed by atoms with Crippen LogP contribution >= 0.6 is 23.1 Å². The number of nitro benzene ring substituents is 1. The molecule has 1 N–H and O–H groups in total. The molecule has 0 saturated heterocycles. The van der Waals surface area contributed by atoms with E-state index in [1.165, 1.54) is 29.2 Å². The van der Waals surface area contributed by atoms with Gasteiger partial charge in [0.25, 0.3) is 5.69 Å². The number of carboxylic acid groups (broad SMARTS) is 1. The molecule has 10 nitrogen and oxygen atoms in total. The molecule has 1 atom stereocenters. The highest BCUT2D eigenvalue weighted by atomic mass is 32.2. The highest BCUT2D eigenvalue weighted by Gasteiger charge is 2.27. The van der Waals surface area contributed by atoms with Gasteiger partial charge in [-0.05, 0) is 41.8 Å². The number of carbonyl (C=O) groups is 1. The van der Waals surface area contributed by atoms with Crippen LogP contribution in [0, 0.1) is 10.1 Å². The molecule has 1 aromatic heterocycles. The minimum absolute atomic E-state index is 0.0926. The van der Waals surface area contributed by atoms with E-state index in [0.717, 1.165) is 45.3 Å². The lowest BCUT2D eigenvalue weighted by Crippen LogP contribution is -2.17. The predicted molar refractivity (Wildman–Crippen MR) is 128 cm³/mol. The number of aliphatic imine (C=N–C) groups is 1. The first-order chi connectivity index (χ1) is 16.2. The van der Waals surface area contributed by atoms with Crippen LogP contribution in [0.5, 0.6) is 5.75 Å². The smallest absolute Gasteiger partial charge is 0.339 e. The number of thioether (sulfide) groups is 1. The molecule has 0 radical (unpaired) electrons. The summed E-state index contributed by atoms with van der Waals surface area (Å²) in [5.74, 6) is -0.508. The van der Waals surface area contributed by atoms with Crippen molar-refractivity contribution < 1.29 is 27.4 Å². The van der Waals surface area contributed by atoms with Crippen LogP contribution in [-0.4, -0.2) is 46.2 Å². The van der Waals surface area contributed by atoms with Crippen LogP contribution in [0.1, 0.15) is 5.01 Å². The average molecular weight is 516 g/mol. The number of nitro groups is 1. The molecule has 34 heavy (non-hydrogen) atoms. The standard InChI is InChI=1S/C21H13N3O7S3/c25-21(26)17-10-32-19(23-17)20-22-16-8-1-11-9-13(4-7-15(11)18(16)33-20)31-34(29,30)14-5-2-12(3-6-14)24(27)28/h1-9,17H,10H2,(H,25,26). The number of fused-ring (bicyclic) bond motifs is 3. The number of aliphatic carboxylic acids is 1. The summed E-state index contributed by atoms with van der Waals surface area (Å²) in [5.41, 5.74) is 0.500. The lowest BCUT2D eigenvalue weighted by Gasteiger charge is -2.08. The van der Waals surface area contributed by atoms with Crippen LogP contribution in [0.3, 0.4) is 0 Å². The van der Waals surface area contributed by atoms with Gasteiger partial charge in [0.2, 0.25) is 0 Å². The summed E-state index contributed by atoms with van der Waals surface area (Å²) < 4.78 is 31.3. The fourth-order valence-corrected chi connectivity index (χ4v) is 6.48. The molecule has 172 valence electrons. The first-order valence-electron chi connectivity index (χ1n) is 9.67. The fraction of sp³-hybridized carbons (Fsp3) is 0.0952. The van der Waals surface area contributed by atoms with E-state index in [9.17, 15) is 23.3 Å². The van der Waals surface area contributed by atoms with E-state index in [2.05, 4.69) is 9.98 Å². The van der Waals surface area contributed by atoms with Gasteiger partial charge in [-0.25, -0.2) is 9.78 Å². The summed E-state index contributed by atoms with van der Waals surface area (Å²) in [4.78, 5) is 29.9. The highest BCUT2D eigenvalue weighted by molar-refractivity contribution is 8.15. The van der Waals surface area contributed by atoms with Crippen molar-refractivity contribution >= 4 is 70.9 Å². The molecule has 13 heteroatoms. The van der Waals surface area contributed by atoms with E-state index in [0.29, 0.717) is 15.8 Å². The molecule has 5 rings (SSSR count).